The Hall–Kier alpha value is -1.83. The zero-order valence-electron chi connectivity index (χ0n) is 15.7. The van der Waals surface area contributed by atoms with Crippen LogP contribution in [0.1, 0.15) is 76.7 Å². The Morgan fingerprint density at radius 3 is 2.44 bits per heavy atom. The monoisotopic (exact) mass is 340 g/mol. The lowest BCUT2D eigenvalue weighted by Gasteiger charge is -2.29. The van der Waals surface area contributed by atoms with Gasteiger partial charge >= 0.3 is 5.97 Å². The van der Waals surface area contributed by atoms with E-state index in [-0.39, 0.29) is 5.97 Å². The number of ether oxygens (including phenoxy) is 1. The molecule has 1 saturated carbocycles. The van der Waals surface area contributed by atoms with Crippen molar-refractivity contribution in [1.82, 2.24) is 0 Å². The number of allylic oxidation sites excluding steroid dienone is 3. The van der Waals surface area contributed by atoms with Crippen molar-refractivity contribution in [2.24, 2.45) is 5.92 Å². The van der Waals surface area contributed by atoms with Gasteiger partial charge in [-0.2, -0.15) is 0 Å². The van der Waals surface area contributed by atoms with Crippen LogP contribution in [0.2, 0.25) is 0 Å². The fraction of sp³-hybridized carbons (Fsp3) is 0.522. The molecular formula is C23H32O2. The highest BCUT2D eigenvalue weighted by Crippen LogP contribution is 2.38. The first-order valence-corrected chi connectivity index (χ1v) is 9.84. The quantitative estimate of drug-likeness (QED) is 0.176. The van der Waals surface area contributed by atoms with Crippen molar-refractivity contribution in [3.05, 3.63) is 54.1 Å². The van der Waals surface area contributed by atoms with Gasteiger partial charge in [0.15, 0.2) is 0 Å². The molecule has 2 heteroatoms. The van der Waals surface area contributed by atoms with Crippen molar-refractivity contribution >= 4 is 5.97 Å². The molecular weight excluding hydrogens is 308 g/mol. The summed E-state index contributed by atoms with van der Waals surface area (Å²) >= 11 is 0. The minimum atomic E-state index is -0.335. The van der Waals surface area contributed by atoms with Gasteiger partial charge in [-0.05, 0) is 62.1 Å². The Bertz CT molecular complexity index is 560. The third kappa shape index (κ3) is 6.89. The van der Waals surface area contributed by atoms with Crippen LogP contribution in [0.15, 0.2) is 48.6 Å². The minimum Gasteiger partial charge on any atom is -0.423 e. The topological polar surface area (TPSA) is 26.3 Å². The minimum absolute atomic E-state index is 0.335. The second-order valence-electron chi connectivity index (χ2n) is 7.09. The van der Waals surface area contributed by atoms with E-state index in [2.05, 4.69) is 19.1 Å². The Morgan fingerprint density at radius 1 is 1.08 bits per heavy atom. The number of unbranched alkanes of at least 4 members (excludes halogenated alkanes) is 2. The smallest absolute Gasteiger partial charge is 0.336 e. The number of hydrogen-bond acceptors (Lipinski definition) is 2. The molecule has 1 aliphatic carbocycles. The average Bonchev–Trinajstić information content (AvgIpc) is 2.63. The molecule has 0 radical (unpaired) electrons. The lowest BCUT2D eigenvalue weighted by atomic mass is 9.77. The van der Waals surface area contributed by atoms with E-state index in [1.54, 1.807) is 6.08 Å². The molecule has 0 atom stereocenters. The second-order valence-corrected chi connectivity index (χ2v) is 7.09. The van der Waals surface area contributed by atoms with Gasteiger partial charge in [0.25, 0.3) is 0 Å². The van der Waals surface area contributed by atoms with Crippen molar-refractivity contribution in [3.63, 3.8) is 0 Å². The van der Waals surface area contributed by atoms with Crippen LogP contribution in [0.5, 0.6) is 5.75 Å². The van der Waals surface area contributed by atoms with Crippen molar-refractivity contribution in [2.45, 2.75) is 71.1 Å². The number of carbonyl (C=O) groups excluding carboxylic acids is 1. The SMILES string of the molecule is CC=CC=CC(=O)Oc1ccc(C2CCC(CCCCC)CC2)cc1. The largest absolute Gasteiger partial charge is 0.423 e. The molecule has 0 N–H and O–H groups in total. The van der Waals surface area contributed by atoms with E-state index in [1.807, 2.05) is 31.2 Å². The molecule has 0 heterocycles. The molecule has 1 aromatic carbocycles. The molecule has 1 fully saturated rings. The van der Waals surface area contributed by atoms with Crippen LogP contribution in [0.3, 0.4) is 0 Å². The van der Waals surface area contributed by atoms with Gasteiger partial charge < -0.3 is 4.74 Å². The van der Waals surface area contributed by atoms with Crippen LogP contribution >= 0.6 is 0 Å². The van der Waals surface area contributed by atoms with E-state index in [9.17, 15) is 4.79 Å². The number of esters is 1. The maximum Gasteiger partial charge on any atom is 0.336 e. The fourth-order valence-corrected chi connectivity index (χ4v) is 3.67. The maximum atomic E-state index is 11.7. The van der Waals surface area contributed by atoms with Gasteiger partial charge in [-0.3, -0.25) is 0 Å². The summed E-state index contributed by atoms with van der Waals surface area (Å²) in [7, 11) is 0. The lowest BCUT2D eigenvalue weighted by Crippen LogP contribution is -2.13. The van der Waals surface area contributed by atoms with Crippen LogP contribution in [0.4, 0.5) is 0 Å². The third-order valence-electron chi connectivity index (χ3n) is 5.17. The standard InChI is InChI=1S/C23H32O2/c1-3-5-7-9-19-11-13-20(14-12-19)21-15-17-22(18-16-21)25-23(24)10-8-6-4-2/h4,6,8,10,15-20H,3,5,7,9,11-14H2,1-2H3. The van der Waals surface area contributed by atoms with Gasteiger partial charge in [-0.25, -0.2) is 4.79 Å². The van der Waals surface area contributed by atoms with Crippen LogP contribution < -0.4 is 4.74 Å². The highest BCUT2D eigenvalue weighted by molar-refractivity contribution is 5.84. The van der Waals surface area contributed by atoms with E-state index in [0.29, 0.717) is 11.7 Å². The van der Waals surface area contributed by atoms with E-state index in [1.165, 1.54) is 63.0 Å². The van der Waals surface area contributed by atoms with Crippen LogP contribution in [-0.4, -0.2) is 5.97 Å². The number of carbonyl (C=O) groups is 1. The Balaban J connectivity index is 1.79. The molecule has 0 saturated heterocycles. The molecule has 1 aliphatic rings. The van der Waals surface area contributed by atoms with Crippen molar-refractivity contribution in [1.29, 1.82) is 0 Å². The predicted octanol–water partition coefficient (Wildman–Crippen LogP) is 6.58. The summed E-state index contributed by atoms with van der Waals surface area (Å²) in [5.41, 5.74) is 1.39. The molecule has 0 spiro atoms. The normalized spacial score (nSPS) is 21.0. The van der Waals surface area contributed by atoms with E-state index < -0.39 is 0 Å². The Kier molecular flexibility index (Phi) is 8.51. The van der Waals surface area contributed by atoms with Gasteiger partial charge in [-0.15, -0.1) is 0 Å². The van der Waals surface area contributed by atoms with E-state index >= 15 is 0 Å². The first kappa shape index (κ1) is 19.5. The van der Waals surface area contributed by atoms with Crippen molar-refractivity contribution in [2.75, 3.05) is 0 Å². The summed E-state index contributed by atoms with van der Waals surface area (Å²) in [5.74, 6) is 1.89. The Labute approximate surface area is 153 Å². The van der Waals surface area contributed by atoms with Gasteiger partial charge in [0.05, 0.1) is 0 Å². The first-order chi connectivity index (χ1) is 12.2. The van der Waals surface area contributed by atoms with Crippen LogP contribution in [-0.2, 0) is 4.79 Å². The van der Waals surface area contributed by atoms with Crippen LogP contribution in [0, 0.1) is 5.92 Å². The number of hydrogen-bond donors (Lipinski definition) is 0. The summed E-state index contributed by atoms with van der Waals surface area (Å²) in [6.45, 7) is 4.18. The highest BCUT2D eigenvalue weighted by atomic mass is 16.5. The zero-order valence-corrected chi connectivity index (χ0v) is 15.7. The number of rotatable bonds is 8. The molecule has 136 valence electrons. The zero-order chi connectivity index (χ0) is 17.9. The average molecular weight is 341 g/mol. The molecule has 0 unspecified atom stereocenters. The summed E-state index contributed by atoms with van der Waals surface area (Å²) in [5, 5.41) is 0. The maximum absolute atomic E-state index is 11.7. The molecule has 2 nitrogen and oxygen atoms in total. The fourth-order valence-electron chi connectivity index (χ4n) is 3.67. The highest BCUT2D eigenvalue weighted by Gasteiger charge is 2.22. The van der Waals surface area contributed by atoms with Crippen molar-refractivity contribution in [3.8, 4) is 5.75 Å². The number of benzene rings is 1. The molecule has 0 amide bonds. The van der Waals surface area contributed by atoms with Gasteiger partial charge in [0, 0.05) is 6.08 Å². The first-order valence-electron chi connectivity index (χ1n) is 9.84. The summed E-state index contributed by atoms with van der Waals surface area (Å²) in [6.07, 6.45) is 17.6. The lowest BCUT2D eigenvalue weighted by molar-refractivity contribution is -0.128. The van der Waals surface area contributed by atoms with Crippen molar-refractivity contribution < 1.29 is 9.53 Å². The molecule has 25 heavy (non-hydrogen) atoms. The third-order valence-corrected chi connectivity index (χ3v) is 5.17. The Morgan fingerprint density at radius 2 is 1.80 bits per heavy atom. The summed E-state index contributed by atoms with van der Waals surface area (Å²) in [4.78, 5) is 11.7. The second kappa shape index (κ2) is 10.9. The van der Waals surface area contributed by atoms with Gasteiger partial charge in [-0.1, -0.05) is 63.0 Å². The van der Waals surface area contributed by atoms with Gasteiger partial charge in [0.2, 0.25) is 0 Å². The van der Waals surface area contributed by atoms with Gasteiger partial charge in [0.1, 0.15) is 5.75 Å². The van der Waals surface area contributed by atoms with Crippen LogP contribution in [0.25, 0.3) is 0 Å². The summed E-state index contributed by atoms with van der Waals surface area (Å²) < 4.78 is 5.32. The molecule has 0 bridgehead atoms. The molecule has 0 aliphatic heterocycles. The molecule has 0 aromatic heterocycles. The predicted molar refractivity (Wildman–Crippen MR) is 105 cm³/mol. The molecule has 2 rings (SSSR count). The van der Waals surface area contributed by atoms with E-state index in [4.69, 9.17) is 4.74 Å². The molecule has 1 aromatic rings. The summed E-state index contributed by atoms with van der Waals surface area (Å²) in [6, 6.07) is 8.09. The van der Waals surface area contributed by atoms with E-state index in [0.717, 1.165) is 5.92 Å².